The van der Waals surface area contributed by atoms with Crippen LogP contribution in [0.15, 0.2) is 42.2 Å². The van der Waals surface area contributed by atoms with Crippen LogP contribution in [0.3, 0.4) is 0 Å². The first-order chi connectivity index (χ1) is 10.6. The minimum Gasteiger partial charge on any atom is -0.619 e. The van der Waals surface area contributed by atoms with Crippen LogP contribution in [0.5, 0.6) is 11.5 Å². The summed E-state index contributed by atoms with van der Waals surface area (Å²) in [6.07, 6.45) is 5.16. The summed E-state index contributed by atoms with van der Waals surface area (Å²) in [5.41, 5.74) is 3.07. The largest absolute Gasteiger partial charge is 0.619 e. The minimum absolute atomic E-state index is 0.0187. The highest BCUT2D eigenvalue weighted by Gasteiger charge is 2.27. The Bertz CT molecular complexity index is 763. The molecule has 5 nitrogen and oxygen atoms in total. The maximum Gasteiger partial charge on any atom is 0.189 e. The van der Waals surface area contributed by atoms with E-state index in [1.165, 1.54) is 12.4 Å². The summed E-state index contributed by atoms with van der Waals surface area (Å²) < 4.78 is 11.2. The van der Waals surface area contributed by atoms with E-state index in [0.717, 1.165) is 11.1 Å². The van der Waals surface area contributed by atoms with E-state index in [2.05, 4.69) is 0 Å². The summed E-state index contributed by atoms with van der Waals surface area (Å²) in [7, 11) is 3.11. The number of Topliss-reactive ketones (excluding diaryl/α,β-unsaturated/α-hetero) is 1. The molecule has 1 aromatic carbocycles. The molecule has 0 N–H and O–H groups in total. The highest BCUT2D eigenvalue weighted by atomic mass is 16.5. The van der Waals surface area contributed by atoms with Crippen LogP contribution in [-0.2, 0) is 6.42 Å². The van der Waals surface area contributed by atoms with Gasteiger partial charge in [0.05, 0.1) is 14.2 Å². The summed E-state index contributed by atoms with van der Waals surface area (Å²) in [5.74, 6) is 1.14. The van der Waals surface area contributed by atoms with Crippen LogP contribution in [0.4, 0.5) is 0 Å². The Morgan fingerprint density at radius 3 is 2.41 bits per heavy atom. The van der Waals surface area contributed by atoms with Crippen molar-refractivity contribution in [2.45, 2.75) is 6.42 Å². The highest BCUT2D eigenvalue weighted by molar-refractivity contribution is 6.15. The molecule has 1 aliphatic rings. The molecule has 112 valence electrons. The third-order valence-electron chi connectivity index (χ3n) is 3.70. The molecule has 0 spiro atoms. The van der Waals surface area contributed by atoms with Crippen LogP contribution >= 0.6 is 0 Å². The van der Waals surface area contributed by atoms with Gasteiger partial charge in [-0.05, 0) is 29.3 Å². The molecule has 0 fully saturated rings. The Morgan fingerprint density at radius 2 is 1.77 bits per heavy atom. The fraction of sp³-hybridized carbons (Fsp3) is 0.176. The van der Waals surface area contributed by atoms with E-state index >= 15 is 0 Å². The first-order valence-electron chi connectivity index (χ1n) is 6.81. The van der Waals surface area contributed by atoms with Crippen LogP contribution in [-0.4, -0.2) is 20.0 Å². The number of hydrogen-bond acceptors (Lipinski definition) is 4. The molecule has 0 bridgehead atoms. The molecule has 1 aromatic heterocycles. The summed E-state index contributed by atoms with van der Waals surface area (Å²) in [4.78, 5) is 12.5. The van der Waals surface area contributed by atoms with Gasteiger partial charge in [0.1, 0.15) is 0 Å². The molecule has 0 radical (unpaired) electrons. The van der Waals surface area contributed by atoms with Gasteiger partial charge >= 0.3 is 0 Å². The van der Waals surface area contributed by atoms with E-state index in [-0.39, 0.29) is 5.78 Å². The fourth-order valence-electron chi connectivity index (χ4n) is 2.58. The van der Waals surface area contributed by atoms with E-state index in [4.69, 9.17) is 9.47 Å². The molecule has 22 heavy (non-hydrogen) atoms. The first-order valence-corrected chi connectivity index (χ1v) is 6.81. The van der Waals surface area contributed by atoms with Crippen molar-refractivity contribution < 1.29 is 19.0 Å². The van der Waals surface area contributed by atoms with Crippen molar-refractivity contribution in [1.82, 2.24) is 0 Å². The van der Waals surface area contributed by atoms with Crippen molar-refractivity contribution in [2.24, 2.45) is 0 Å². The zero-order chi connectivity index (χ0) is 15.7. The maximum atomic E-state index is 12.5. The molecule has 0 atom stereocenters. The van der Waals surface area contributed by atoms with Crippen molar-refractivity contribution in [3.63, 3.8) is 0 Å². The highest BCUT2D eigenvalue weighted by Crippen LogP contribution is 2.36. The topological polar surface area (TPSA) is 62.5 Å². The Hall–Kier alpha value is -2.82. The van der Waals surface area contributed by atoms with Crippen molar-refractivity contribution >= 4 is 11.9 Å². The lowest BCUT2D eigenvalue weighted by atomic mass is 10.1. The van der Waals surface area contributed by atoms with Crippen LogP contribution < -0.4 is 14.2 Å². The van der Waals surface area contributed by atoms with Gasteiger partial charge in [-0.3, -0.25) is 4.79 Å². The van der Waals surface area contributed by atoms with Gasteiger partial charge in [-0.15, -0.1) is 0 Å². The number of hydrogen-bond donors (Lipinski definition) is 0. The summed E-state index contributed by atoms with van der Waals surface area (Å²) in [6, 6.07) is 6.91. The van der Waals surface area contributed by atoms with Crippen molar-refractivity contribution in [3.8, 4) is 11.5 Å². The second-order valence-electron chi connectivity index (χ2n) is 5.03. The average Bonchev–Trinajstić information content (AvgIpc) is 2.83. The number of benzene rings is 1. The quantitative estimate of drug-likeness (QED) is 0.495. The number of carbonyl (C=O) groups is 1. The van der Waals surface area contributed by atoms with Gasteiger partial charge in [0, 0.05) is 29.7 Å². The van der Waals surface area contributed by atoms with Gasteiger partial charge in [-0.2, -0.15) is 4.73 Å². The van der Waals surface area contributed by atoms with Gasteiger partial charge in [-0.1, -0.05) is 0 Å². The van der Waals surface area contributed by atoms with Crippen molar-refractivity contribution in [2.75, 3.05) is 14.2 Å². The number of rotatable bonds is 3. The number of methoxy groups -OCH3 is 2. The number of pyridine rings is 1. The fourth-order valence-corrected chi connectivity index (χ4v) is 2.58. The maximum absolute atomic E-state index is 12.5. The zero-order valence-corrected chi connectivity index (χ0v) is 12.3. The molecule has 1 heterocycles. The van der Waals surface area contributed by atoms with Crippen LogP contribution in [0.2, 0.25) is 0 Å². The molecular weight excluding hydrogens is 282 g/mol. The SMILES string of the molecule is COc1cc2c(cc1OC)C(=O)C(=Cc1cc[n+]([O-])cc1)C2. The Kier molecular flexibility index (Phi) is 3.55. The normalized spacial score (nSPS) is 15.0. The van der Waals surface area contributed by atoms with Gasteiger partial charge in [0.2, 0.25) is 0 Å². The molecule has 3 rings (SSSR count). The lowest BCUT2D eigenvalue weighted by molar-refractivity contribution is -0.605. The number of ether oxygens (including phenoxy) is 2. The minimum atomic E-state index is -0.0187. The predicted molar refractivity (Wildman–Crippen MR) is 81.0 cm³/mol. The van der Waals surface area contributed by atoms with E-state index in [1.54, 1.807) is 38.5 Å². The van der Waals surface area contributed by atoms with E-state index in [0.29, 0.717) is 33.8 Å². The lowest BCUT2D eigenvalue weighted by Crippen LogP contribution is -2.23. The van der Waals surface area contributed by atoms with Gasteiger partial charge < -0.3 is 14.7 Å². The van der Waals surface area contributed by atoms with Crippen LogP contribution in [0.25, 0.3) is 6.08 Å². The van der Waals surface area contributed by atoms with Crippen LogP contribution in [0.1, 0.15) is 21.5 Å². The molecule has 0 saturated heterocycles. The number of carbonyl (C=O) groups excluding carboxylic acids is 1. The average molecular weight is 297 g/mol. The number of allylic oxidation sites excluding steroid dienone is 1. The van der Waals surface area contributed by atoms with E-state index in [1.807, 2.05) is 6.07 Å². The lowest BCUT2D eigenvalue weighted by Gasteiger charge is -2.08. The third-order valence-corrected chi connectivity index (χ3v) is 3.70. The van der Waals surface area contributed by atoms with Gasteiger partial charge in [0.25, 0.3) is 0 Å². The van der Waals surface area contributed by atoms with E-state index in [9.17, 15) is 10.0 Å². The van der Waals surface area contributed by atoms with Crippen LogP contribution in [0, 0.1) is 5.21 Å². The molecule has 0 saturated carbocycles. The molecular formula is C17H15NO4. The van der Waals surface area contributed by atoms with E-state index < -0.39 is 0 Å². The molecule has 0 aliphatic heterocycles. The van der Waals surface area contributed by atoms with Gasteiger partial charge in [-0.25, -0.2) is 0 Å². The van der Waals surface area contributed by atoms with Gasteiger partial charge in [0.15, 0.2) is 29.7 Å². The molecule has 0 unspecified atom stereocenters. The monoisotopic (exact) mass is 297 g/mol. The van der Waals surface area contributed by atoms with Crippen molar-refractivity contribution in [3.05, 3.63) is 64.1 Å². The number of aromatic nitrogens is 1. The molecule has 1 aliphatic carbocycles. The number of nitrogens with zero attached hydrogens (tertiary/aromatic N) is 1. The molecule has 0 amide bonds. The Balaban J connectivity index is 1.98. The summed E-state index contributed by atoms with van der Waals surface area (Å²) in [6.45, 7) is 0. The van der Waals surface area contributed by atoms with Crippen molar-refractivity contribution in [1.29, 1.82) is 0 Å². The second-order valence-corrected chi connectivity index (χ2v) is 5.03. The number of fused-ring (bicyclic) bond motifs is 1. The second kappa shape index (κ2) is 5.52. The smallest absolute Gasteiger partial charge is 0.189 e. The molecule has 5 heteroatoms. The third kappa shape index (κ3) is 2.41. The molecule has 2 aromatic rings. The standard InChI is InChI=1S/C17H15NO4/c1-21-15-9-12-8-13(7-11-3-5-18(20)6-4-11)17(19)14(12)10-16(15)22-2/h3-7,9-10H,8H2,1-2H3. The predicted octanol–water partition coefficient (Wildman–Crippen LogP) is 2.16. The Labute approximate surface area is 128 Å². The summed E-state index contributed by atoms with van der Waals surface area (Å²) in [5, 5.41) is 11.0. The zero-order valence-electron chi connectivity index (χ0n) is 12.3. The summed E-state index contributed by atoms with van der Waals surface area (Å²) >= 11 is 0. The first kappa shape index (κ1) is 14.1. The Morgan fingerprint density at radius 1 is 1.14 bits per heavy atom. The number of ketones is 1.